The van der Waals surface area contributed by atoms with Crippen molar-refractivity contribution < 1.29 is 14.3 Å². The van der Waals surface area contributed by atoms with Gasteiger partial charge in [0.05, 0.1) is 12.2 Å². The number of anilines is 1. The maximum atomic E-state index is 12.3. The molecule has 2 rings (SSSR count). The minimum Gasteiger partial charge on any atom is -0.462 e. The number of hydrogen-bond acceptors (Lipinski definition) is 5. The number of carbonyl (C=O) groups excluding carboxylic acids is 2. The minimum absolute atomic E-state index is 0.251. The number of nitrogens with zero attached hydrogens (tertiary/aromatic N) is 3. The molecule has 2 heterocycles. The van der Waals surface area contributed by atoms with Crippen LogP contribution in [-0.2, 0) is 9.53 Å². The predicted molar refractivity (Wildman–Crippen MR) is 97.7 cm³/mol. The van der Waals surface area contributed by atoms with Gasteiger partial charge in [-0.15, -0.1) is 0 Å². The Morgan fingerprint density at radius 3 is 2.64 bits per heavy atom. The lowest BCUT2D eigenvalue weighted by Gasteiger charge is -2.23. The van der Waals surface area contributed by atoms with Gasteiger partial charge in [0, 0.05) is 38.8 Å². The summed E-state index contributed by atoms with van der Waals surface area (Å²) in [5.74, 6) is 1.29. The molecule has 0 unspecified atom stereocenters. The number of amides is 1. The summed E-state index contributed by atoms with van der Waals surface area (Å²) < 4.78 is 4.98. The molecule has 1 aliphatic rings. The molecule has 0 radical (unpaired) electrons. The molecule has 1 amide bonds. The van der Waals surface area contributed by atoms with E-state index in [4.69, 9.17) is 4.74 Å². The van der Waals surface area contributed by atoms with Gasteiger partial charge in [-0.1, -0.05) is 13.8 Å². The van der Waals surface area contributed by atoms with E-state index in [9.17, 15) is 9.59 Å². The Kier molecular flexibility index (Phi) is 7.22. The van der Waals surface area contributed by atoms with Crippen molar-refractivity contribution in [3.8, 4) is 0 Å². The first-order valence-corrected chi connectivity index (χ1v) is 9.17. The van der Waals surface area contributed by atoms with Crippen LogP contribution in [-0.4, -0.2) is 54.5 Å². The summed E-state index contributed by atoms with van der Waals surface area (Å²) in [7, 11) is 0. The van der Waals surface area contributed by atoms with E-state index in [0.29, 0.717) is 24.5 Å². The van der Waals surface area contributed by atoms with Gasteiger partial charge in [0.15, 0.2) is 0 Å². The zero-order chi connectivity index (χ0) is 18.2. The summed E-state index contributed by atoms with van der Waals surface area (Å²) in [5.41, 5.74) is 0.464. The lowest BCUT2D eigenvalue weighted by molar-refractivity contribution is -0.131. The summed E-state index contributed by atoms with van der Waals surface area (Å²) in [6.45, 7) is 9.57. The van der Waals surface area contributed by atoms with Crippen LogP contribution in [0.2, 0.25) is 0 Å². The van der Waals surface area contributed by atoms with Crippen molar-refractivity contribution in [2.24, 2.45) is 5.92 Å². The SMILES string of the molecule is CCOC(=O)c1ccc(N2CCCN(C(=O)CCC(C)C)CC2)nc1. The average Bonchev–Trinajstić information content (AvgIpc) is 2.86. The molecular weight excluding hydrogens is 318 g/mol. The van der Waals surface area contributed by atoms with Crippen LogP contribution < -0.4 is 4.90 Å². The summed E-state index contributed by atoms with van der Waals surface area (Å²) in [6, 6.07) is 3.60. The Morgan fingerprint density at radius 1 is 1.20 bits per heavy atom. The maximum absolute atomic E-state index is 12.3. The zero-order valence-electron chi connectivity index (χ0n) is 15.5. The molecule has 0 N–H and O–H groups in total. The van der Waals surface area contributed by atoms with E-state index in [1.54, 1.807) is 19.2 Å². The minimum atomic E-state index is -0.348. The Balaban J connectivity index is 1.92. The molecular formula is C19H29N3O3. The first-order chi connectivity index (χ1) is 12.0. The van der Waals surface area contributed by atoms with Crippen LogP contribution in [0.15, 0.2) is 18.3 Å². The van der Waals surface area contributed by atoms with Crippen molar-refractivity contribution in [1.29, 1.82) is 0 Å². The third-order valence-electron chi connectivity index (χ3n) is 4.37. The molecule has 0 aliphatic carbocycles. The molecule has 1 aliphatic heterocycles. The van der Waals surface area contributed by atoms with Crippen LogP contribution >= 0.6 is 0 Å². The van der Waals surface area contributed by atoms with E-state index in [-0.39, 0.29) is 11.9 Å². The third-order valence-corrected chi connectivity index (χ3v) is 4.37. The van der Waals surface area contributed by atoms with Crippen LogP contribution in [0.5, 0.6) is 0 Å². The molecule has 1 aromatic rings. The summed E-state index contributed by atoms with van der Waals surface area (Å²) >= 11 is 0. The van der Waals surface area contributed by atoms with Crippen molar-refractivity contribution in [1.82, 2.24) is 9.88 Å². The molecule has 1 aromatic heterocycles. The van der Waals surface area contributed by atoms with E-state index in [0.717, 1.165) is 44.8 Å². The number of aromatic nitrogens is 1. The second-order valence-corrected chi connectivity index (χ2v) is 6.78. The van der Waals surface area contributed by atoms with Gasteiger partial charge in [0.2, 0.25) is 5.91 Å². The highest BCUT2D eigenvalue weighted by molar-refractivity contribution is 5.89. The van der Waals surface area contributed by atoms with E-state index in [1.165, 1.54) is 0 Å². The molecule has 0 aromatic carbocycles. The average molecular weight is 347 g/mol. The van der Waals surface area contributed by atoms with Gasteiger partial charge in [0.1, 0.15) is 5.82 Å². The van der Waals surface area contributed by atoms with Crippen molar-refractivity contribution in [3.63, 3.8) is 0 Å². The molecule has 0 saturated carbocycles. The molecule has 6 nitrogen and oxygen atoms in total. The summed E-state index contributed by atoms with van der Waals surface area (Å²) in [6.07, 6.45) is 4.05. The summed E-state index contributed by atoms with van der Waals surface area (Å²) in [5, 5.41) is 0. The monoisotopic (exact) mass is 347 g/mol. The predicted octanol–water partition coefficient (Wildman–Crippen LogP) is 2.73. The highest BCUT2D eigenvalue weighted by Crippen LogP contribution is 2.16. The second-order valence-electron chi connectivity index (χ2n) is 6.78. The molecule has 6 heteroatoms. The number of ether oxygens (including phenoxy) is 1. The molecule has 1 fully saturated rings. The highest BCUT2D eigenvalue weighted by Gasteiger charge is 2.20. The van der Waals surface area contributed by atoms with E-state index < -0.39 is 0 Å². The van der Waals surface area contributed by atoms with Crippen molar-refractivity contribution in [3.05, 3.63) is 23.9 Å². The van der Waals surface area contributed by atoms with Gasteiger partial charge in [0.25, 0.3) is 0 Å². The van der Waals surface area contributed by atoms with Crippen molar-refractivity contribution in [2.75, 3.05) is 37.7 Å². The van der Waals surface area contributed by atoms with Gasteiger partial charge in [-0.2, -0.15) is 0 Å². The second kappa shape index (κ2) is 9.39. The topological polar surface area (TPSA) is 62.7 Å². The molecule has 138 valence electrons. The number of hydrogen-bond donors (Lipinski definition) is 0. The lowest BCUT2D eigenvalue weighted by Crippen LogP contribution is -2.35. The lowest BCUT2D eigenvalue weighted by atomic mass is 10.1. The highest BCUT2D eigenvalue weighted by atomic mass is 16.5. The van der Waals surface area contributed by atoms with Crippen molar-refractivity contribution in [2.45, 2.75) is 40.0 Å². The van der Waals surface area contributed by atoms with E-state index in [2.05, 4.69) is 23.7 Å². The van der Waals surface area contributed by atoms with Crippen LogP contribution in [0.1, 0.15) is 50.4 Å². The van der Waals surface area contributed by atoms with Crippen molar-refractivity contribution >= 4 is 17.7 Å². The first-order valence-electron chi connectivity index (χ1n) is 9.17. The van der Waals surface area contributed by atoms with Gasteiger partial charge in [-0.05, 0) is 37.8 Å². The maximum Gasteiger partial charge on any atom is 0.339 e. The molecule has 1 saturated heterocycles. The number of carbonyl (C=O) groups is 2. The standard InChI is InChI=1S/C19H29N3O3/c1-4-25-19(24)16-7-8-17(20-14-16)21-10-5-11-22(13-12-21)18(23)9-6-15(2)3/h7-8,14-15H,4-6,9-13H2,1-3H3. The summed E-state index contributed by atoms with van der Waals surface area (Å²) in [4.78, 5) is 32.6. The van der Waals surface area contributed by atoms with Crippen LogP contribution in [0.25, 0.3) is 0 Å². The van der Waals surface area contributed by atoms with Crippen LogP contribution in [0.3, 0.4) is 0 Å². The van der Waals surface area contributed by atoms with Gasteiger partial charge in [-0.3, -0.25) is 4.79 Å². The Morgan fingerprint density at radius 2 is 2.00 bits per heavy atom. The Hall–Kier alpha value is -2.11. The molecule has 0 bridgehead atoms. The van der Waals surface area contributed by atoms with Crippen LogP contribution in [0.4, 0.5) is 5.82 Å². The van der Waals surface area contributed by atoms with E-state index in [1.807, 2.05) is 11.0 Å². The number of rotatable bonds is 6. The number of pyridine rings is 1. The quantitative estimate of drug-likeness (QED) is 0.741. The largest absolute Gasteiger partial charge is 0.462 e. The fourth-order valence-corrected chi connectivity index (χ4v) is 2.87. The zero-order valence-corrected chi connectivity index (χ0v) is 15.5. The van der Waals surface area contributed by atoms with Gasteiger partial charge >= 0.3 is 5.97 Å². The normalized spacial score (nSPS) is 15.2. The molecule has 0 spiro atoms. The van der Waals surface area contributed by atoms with Gasteiger partial charge < -0.3 is 14.5 Å². The fraction of sp³-hybridized carbons (Fsp3) is 0.632. The van der Waals surface area contributed by atoms with Gasteiger partial charge in [-0.25, -0.2) is 9.78 Å². The fourth-order valence-electron chi connectivity index (χ4n) is 2.87. The molecule has 25 heavy (non-hydrogen) atoms. The van der Waals surface area contributed by atoms with E-state index >= 15 is 0 Å². The Labute approximate surface area is 150 Å². The third kappa shape index (κ3) is 5.73. The number of esters is 1. The Bertz CT molecular complexity index is 572. The first kappa shape index (κ1) is 19.2. The molecule has 0 atom stereocenters. The van der Waals surface area contributed by atoms with Crippen LogP contribution in [0, 0.1) is 5.92 Å². The smallest absolute Gasteiger partial charge is 0.339 e.